The number of hydrogen-bond donors (Lipinski definition) is 2. The number of nitrogens with one attached hydrogen (secondary N) is 2. The van der Waals surface area contributed by atoms with Crippen molar-refractivity contribution in [1.82, 2.24) is 5.32 Å². The largest absolute Gasteiger partial charge is 0.416 e. The van der Waals surface area contributed by atoms with E-state index in [1.807, 2.05) is 23.1 Å². The fourth-order valence-electron chi connectivity index (χ4n) is 7.87. The Morgan fingerprint density at radius 2 is 1.83 bits per heavy atom. The van der Waals surface area contributed by atoms with Crippen molar-refractivity contribution >= 4 is 29.4 Å². The van der Waals surface area contributed by atoms with Crippen molar-refractivity contribution in [3.05, 3.63) is 58.7 Å². The van der Waals surface area contributed by atoms with Crippen LogP contribution in [0.5, 0.6) is 0 Å². The minimum atomic E-state index is -4.58. The average Bonchev–Trinajstić information content (AvgIpc) is 3.25. The van der Waals surface area contributed by atoms with Crippen molar-refractivity contribution < 1.29 is 22.8 Å². The molecule has 218 valence electrons. The maximum Gasteiger partial charge on any atom is 0.416 e. The molecule has 2 saturated carbocycles. The van der Waals surface area contributed by atoms with Gasteiger partial charge in [-0.05, 0) is 79.8 Å². The Kier molecular flexibility index (Phi) is 6.70. The zero-order valence-corrected chi connectivity index (χ0v) is 23.6. The number of nitrogens with zero attached hydrogens (tertiary/aromatic N) is 2. The highest BCUT2D eigenvalue weighted by molar-refractivity contribution is 6.11. The number of halogens is 3. The molecule has 4 aliphatic rings. The first-order valence-electron chi connectivity index (χ1n) is 14.6. The van der Waals surface area contributed by atoms with Crippen LogP contribution >= 0.6 is 0 Å². The third kappa shape index (κ3) is 4.81. The van der Waals surface area contributed by atoms with Gasteiger partial charge in [-0.3, -0.25) is 10.2 Å². The lowest BCUT2D eigenvalue weighted by Gasteiger charge is -2.54. The number of fused-ring (bicyclic) bond motifs is 1. The van der Waals surface area contributed by atoms with Gasteiger partial charge in [0, 0.05) is 60.2 Å². The first-order valence-corrected chi connectivity index (χ1v) is 14.6. The van der Waals surface area contributed by atoms with Gasteiger partial charge in [-0.1, -0.05) is 19.1 Å². The minimum Gasteiger partial charge on any atom is -0.377 e. The van der Waals surface area contributed by atoms with Crippen LogP contribution in [0.25, 0.3) is 0 Å². The third-order valence-corrected chi connectivity index (χ3v) is 10.1. The number of benzene rings is 2. The predicted octanol–water partition coefficient (Wildman–Crippen LogP) is 6.32. The van der Waals surface area contributed by atoms with E-state index in [9.17, 15) is 22.8 Å². The Morgan fingerprint density at radius 1 is 1.12 bits per heavy atom. The van der Waals surface area contributed by atoms with Gasteiger partial charge in [-0.15, -0.1) is 0 Å². The van der Waals surface area contributed by atoms with E-state index >= 15 is 0 Å². The second-order valence-corrected chi connectivity index (χ2v) is 13.0. The number of rotatable bonds is 6. The number of carbonyl (C=O) groups is 2. The lowest BCUT2D eigenvalue weighted by molar-refractivity contribution is -0.138. The Labute approximate surface area is 238 Å². The standard InChI is InChI=1S/C32H37F3N4O2/c1-20-13-31(14-20,15-28(36)37-2)22-4-3-5-23(10-22)39-16-26-25(29(39)41)11-24(12-27(26)32(33,34)35)38-18-30(19-38)8-6-21(17-40)7-9-30/h3-5,10-12,17,20-21H,6-9,13-16,18-19H2,1-2H3,(H2,36,37)/t20-,31-. The van der Waals surface area contributed by atoms with Crippen molar-refractivity contribution in [3.63, 3.8) is 0 Å². The van der Waals surface area contributed by atoms with Crippen molar-refractivity contribution in [1.29, 1.82) is 5.41 Å². The van der Waals surface area contributed by atoms with Crippen molar-refractivity contribution in [3.8, 4) is 0 Å². The monoisotopic (exact) mass is 566 g/mol. The number of anilines is 2. The molecule has 1 amide bonds. The highest BCUT2D eigenvalue weighted by atomic mass is 19.4. The number of carbonyl (C=O) groups excluding carboxylic acids is 2. The topological polar surface area (TPSA) is 76.5 Å². The van der Waals surface area contributed by atoms with Gasteiger partial charge in [0.05, 0.1) is 17.9 Å². The van der Waals surface area contributed by atoms with Crippen LogP contribution in [-0.2, 0) is 22.9 Å². The molecule has 41 heavy (non-hydrogen) atoms. The molecule has 6 nitrogen and oxygen atoms in total. The second kappa shape index (κ2) is 9.88. The van der Waals surface area contributed by atoms with Crippen LogP contribution in [0.2, 0.25) is 0 Å². The van der Waals surface area contributed by atoms with E-state index in [0.717, 1.165) is 50.4 Å². The molecule has 2 heterocycles. The first-order chi connectivity index (χ1) is 19.5. The Bertz CT molecular complexity index is 1380. The van der Waals surface area contributed by atoms with Gasteiger partial charge in [0.15, 0.2) is 0 Å². The van der Waals surface area contributed by atoms with Gasteiger partial charge in [-0.25, -0.2) is 0 Å². The molecular formula is C32H37F3N4O2. The summed E-state index contributed by atoms with van der Waals surface area (Å²) in [7, 11) is 1.74. The predicted molar refractivity (Wildman–Crippen MR) is 153 cm³/mol. The molecule has 1 spiro atoms. The van der Waals surface area contributed by atoms with Gasteiger partial charge in [0.1, 0.15) is 6.29 Å². The van der Waals surface area contributed by atoms with E-state index in [2.05, 4.69) is 12.2 Å². The first kappa shape index (κ1) is 27.8. The molecule has 0 atom stereocenters. The summed E-state index contributed by atoms with van der Waals surface area (Å²) in [4.78, 5) is 28.3. The lowest BCUT2D eigenvalue weighted by atomic mass is 9.57. The molecular weight excluding hydrogens is 529 g/mol. The third-order valence-electron chi connectivity index (χ3n) is 10.1. The zero-order chi connectivity index (χ0) is 29.2. The molecule has 1 saturated heterocycles. The molecule has 0 bridgehead atoms. The van der Waals surface area contributed by atoms with E-state index in [4.69, 9.17) is 5.41 Å². The van der Waals surface area contributed by atoms with Crippen LogP contribution in [-0.4, -0.2) is 38.2 Å². The fourth-order valence-corrected chi connectivity index (χ4v) is 7.87. The number of aldehydes is 1. The number of alkyl halides is 3. The quantitative estimate of drug-likeness (QED) is 0.244. The minimum absolute atomic E-state index is 0.0299. The van der Waals surface area contributed by atoms with Crippen LogP contribution < -0.4 is 15.1 Å². The van der Waals surface area contributed by atoms with Gasteiger partial charge in [-0.2, -0.15) is 13.2 Å². The summed E-state index contributed by atoms with van der Waals surface area (Å²) in [5.74, 6) is 0.644. The molecule has 2 aliphatic carbocycles. The van der Waals surface area contributed by atoms with E-state index in [0.29, 0.717) is 42.6 Å². The van der Waals surface area contributed by atoms with Gasteiger partial charge < -0.3 is 19.9 Å². The van der Waals surface area contributed by atoms with E-state index in [-0.39, 0.29) is 34.4 Å². The van der Waals surface area contributed by atoms with Crippen molar-refractivity contribution in [2.75, 3.05) is 29.9 Å². The number of amidine groups is 1. The summed E-state index contributed by atoms with van der Waals surface area (Å²) in [6.07, 6.45) is 2.31. The van der Waals surface area contributed by atoms with Gasteiger partial charge in [0.2, 0.25) is 0 Å². The summed E-state index contributed by atoms with van der Waals surface area (Å²) in [6, 6.07) is 10.4. The highest BCUT2D eigenvalue weighted by Crippen LogP contribution is 2.52. The van der Waals surface area contributed by atoms with E-state index < -0.39 is 17.6 Å². The molecule has 2 aromatic rings. The molecule has 2 N–H and O–H groups in total. The molecule has 3 fully saturated rings. The summed E-state index contributed by atoms with van der Waals surface area (Å²) in [5, 5.41) is 11.1. The van der Waals surface area contributed by atoms with E-state index in [1.165, 1.54) is 11.0 Å². The van der Waals surface area contributed by atoms with Gasteiger partial charge >= 0.3 is 6.18 Å². The zero-order valence-electron chi connectivity index (χ0n) is 23.6. The normalized spacial score (nSPS) is 25.5. The molecule has 2 aromatic carbocycles. The Hall–Kier alpha value is -3.36. The summed E-state index contributed by atoms with van der Waals surface area (Å²) in [6.45, 7) is 3.35. The molecule has 6 rings (SSSR count). The fraction of sp³-hybridized carbons (Fsp3) is 0.531. The van der Waals surface area contributed by atoms with Crippen LogP contribution in [0, 0.1) is 22.7 Å². The van der Waals surface area contributed by atoms with Crippen molar-refractivity contribution in [2.45, 2.75) is 70.0 Å². The molecule has 9 heteroatoms. The highest BCUT2D eigenvalue weighted by Gasteiger charge is 2.48. The molecule has 0 radical (unpaired) electrons. The smallest absolute Gasteiger partial charge is 0.377 e. The van der Waals surface area contributed by atoms with Crippen LogP contribution in [0.4, 0.5) is 24.5 Å². The maximum atomic E-state index is 14.4. The van der Waals surface area contributed by atoms with Crippen LogP contribution in [0.15, 0.2) is 36.4 Å². The molecule has 0 aromatic heterocycles. The average molecular weight is 567 g/mol. The van der Waals surface area contributed by atoms with Gasteiger partial charge in [0.25, 0.3) is 5.91 Å². The maximum absolute atomic E-state index is 14.4. The van der Waals surface area contributed by atoms with Crippen LogP contribution in [0.3, 0.4) is 0 Å². The summed E-state index contributed by atoms with van der Waals surface area (Å²) in [5.41, 5.74) is 1.29. The van der Waals surface area contributed by atoms with Crippen molar-refractivity contribution in [2.24, 2.45) is 17.3 Å². The summed E-state index contributed by atoms with van der Waals surface area (Å²) < 4.78 is 43.1. The number of hydrogen-bond acceptors (Lipinski definition) is 4. The summed E-state index contributed by atoms with van der Waals surface area (Å²) >= 11 is 0. The second-order valence-electron chi connectivity index (χ2n) is 13.0. The lowest BCUT2D eigenvalue weighted by Crippen LogP contribution is -2.58. The van der Waals surface area contributed by atoms with Crippen LogP contribution in [0.1, 0.15) is 78.9 Å². The Balaban J connectivity index is 1.28. The molecule has 2 aliphatic heterocycles. The van der Waals surface area contributed by atoms with E-state index in [1.54, 1.807) is 19.2 Å². The SMILES string of the molecule is CNC(=N)C[C@]1(c2cccc(N3Cc4c(cc(N5CC6(CCC(C=O)CC6)C5)cc4C(F)(F)F)C3=O)c2)C[C@H](C)C1. The molecule has 0 unspecified atom stereocenters. The Morgan fingerprint density at radius 3 is 2.44 bits per heavy atom. The number of amides is 1.